The number of hydrogen-bond acceptors (Lipinski definition) is 4. The van der Waals surface area contributed by atoms with Gasteiger partial charge >= 0.3 is 5.97 Å². The van der Waals surface area contributed by atoms with Gasteiger partial charge in [0.1, 0.15) is 0 Å². The van der Waals surface area contributed by atoms with Gasteiger partial charge in [0, 0.05) is 6.42 Å². The second-order valence-electron chi connectivity index (χ2n) is 5.79. The summed E-state index contributed by atoms with van der Waals surface area (Å²) in [6.07, 6.45) is 0.756. The van der Waals surface area contributed by atoms with Crippen molar-refractivity contribution in [2.24, 2.45) is 17.8 Å². The maximum Gasteiger partial charge on any atom is 0.325 e. The second kappa shape index (κ2) is 6.12. The highest BCUT2D eigenvalue weighted by Crippen LogP contribution is 2.25. The lowest BCUT2D eigenvalue weighted by atomic mass is 9.91. The molecule has 102 valence electrons. The first-order chi connectivity index (χ1) is 8.32. The summed E-state index contributed by atoms with van der Waals surface area (Å²) in [6.45, 7) is 7.91. The number of carbonyl (C=O) groups excluding carboxylic acids is 3. The number of carbonyl (C=O) groups is 3. The Hall–Kier alpha value is -1.19. The first-order valence-corrected chi connectivity index (χ1v) is 6.59. The Morgan fingerprint density at radius 3 is 2.28 bits per heavy atom. The number of ether oxygens (including phenoxy) is 1. The molecule has 4 heteroatoms. The van der Waals surface area contributed by atoms with Crippen molar-refractivity contribution in [1.29, 1.82) is 0 Å². The maximum atomic E-state index is 12.0. The van der Waals surface area contributed by atoms with E-state index >= 15 is 0 Å². The molecular formula is C14H22O4. The van der Waals surface area contributed by atoms with Crippen LogP contribution in [-0.2, 0) is 19.1 Å². The molecule has 2 unspecified atom stereocenters. The first-order valence-electron chi connectivity index (χ1n) is 6.59. The third-order valence-electron chi connectivity index (χ3n) is 3.07. The van der Waals surface area contributed by atoms with Gasteiger partial charge in [-0.3, -0.25) is 14.4 Å². The van der Waals surface area contributed by atoms with Crippen LogP contribution in [0.3, 0.4) is 0 Å². The topological polar surface area (TPSA) is 60.4 Å². The number of cyclic esters (lactones) is 1. The van der Waals surface area contributed by atoms with E-state index in [4.69, 9.17) is 4.74 Å². The molecule has 1 fully saturated rings. The Labute approximate surface area is 108 Å². The van der Waals surface area contributed by atoms with Crippen molar-refractivity contribution >= 4 is 17.5 Å². The molecule has 1 heterocycles. The van der Waals surface area contributed by atoms with Gasteiger partial charge in [0.2, 0.25) is 0 Å². The van der Waals surface area contributed by atoms with E-state index in [1.807, 2.05) is 27.7 Å². The molecule has 0 aromatic heterocycles. The lowest BCUT2D eigenvalue weighted by molar-refractivity contribution is -0.147. The van der Waals surface area contributed by atoms with Gasteiger partial charge in [-0.1, -0.05) is 27.7 Å². The Bertz CT molecular complexity index is 344. The minimum Gasteiger partial charge on any atom is -0.453 e. The third-order valence-corrected chi connectivity index (χ3v) is 3.07. The zero-order valence-corrected chi connectivity index (χ0v) is 11.6. The number of esters is 1. The number of ketones is 2. The van der Waals surface area contributed by atoms with Crippen molar-refractivity contribution < 1.29 is 19.1 Å². The highest BCUT2D eigenvalue weighted by molar-refractivity contribution is 6.21. The summed E-state index contributed by atoms with van der Waals surface area (Å²) in [4.78, 5) is 35.5. The van der Waals surface area contributed by atoms with E-state index in [0.29, 0.717) is 18.8 Å². The van der Waals surface area contributed by atoms with Gasteiger partial charge in [-0.15, -0.1) is 0 Å². The third kappa shape index (κ3) is 3.65. The van der Waals surface area contributed by atoms with Crippen molar-refractivity contribution in [3.05, 3.63) is 0 Å². The molecule has 0 bridgehead atoms. The largest absolute Gasteiger partial charge is 0.453 e. The lowest BCUT2D eigenvalue weighted by Crippen LogP contribution is -2.28. The average molecular weight is 254 g/mol. The zero-order chi connectivity index (χ0) is 13.9. The van der Waals surface area contributed by atoms with Gasteiger partial charge < -0.3 is 4.74 Å². The molecule has 0 amide bonds. The van der Waals surface area contributed by atoms with Crippen molar-refractivity contribution in [1.82, 2.24) is 0 Å². The molecule has 1 rings (SSSR count). The van der Waals surface area contributed by atoms with Gasteiger partial charge in [0.25, 0.3) is 0 Å². The summed E-state index contributed by atoms with van der Waals surface area (Å²) in [5.41, 5.74) is 0. The second-order valence-corrected chi connectivity index (χ2v) is 5.79. The zero-order valence-electron chi connectivity index (χ0n) is 11.6. The summed E-state index contributed by atoms with van der Waals surface area (Å²) >= 11 is 0. The molecule has 0 aromatic carbocycles. The van der Waals surface area contributed by atoms with E-state index in [1.165, 1.54) is 0 Å². The van der Waals surface area contributed by atoms with Crippen LogP contribution in [0.5, 0.6) is 0 Å². The van der Waals surface area contributed by atoms with Gasteiger partial charge in [0.15, 0.2) is 23.6 Å². The average Bonchev–Trinajstić information content (AvgIpc) is 2.50. The van der Waals surface area contributed by atoms with Gasteiger partial charge in [-0.2, -0.15) is 0 Å². The van der Waals surface area contributed by atoms with Crippen LogP contribution in [-0.4, -0.2) is 23.6 Å². The minimum atomic E-state index is -1.16. The normalized spacial score (nSPS) is 23.9. The predicted molar refractivity (Wildman–Crippen MR) is 66.9 cm³/mol. The smallest absolute Gasteiger partial charge is 0.325 e. The summed E-state index contributed by atoms with van der Waals surface area (Å²) in [6, 6.07) is 0. The van der Waals surface area contributed by atoms with Gasteiger partial charge in [-0.25, -0.2) is 0 Å². The summed E-state index contributed by atoms with van der Waals surface area (Å²) in [5.74, 6) is -1.80. The molecule has 2 atom stereocenters. The minimum absolute atomic E-state index is 0.260. The number of hydrogen-bond donors (Lipinski definition) is 0. The molecule has 18 heavy (non-hydrogen) atoms. The van der Waals surface area contributed by atoms with E-state index in [9.17, 15) is 14.4 Å². The van der Waals surface area contributed by atoms with Gasteiger partial charge in [0.05, 0.1) is 0 Å². The van der Waals surface area contributed by atoms with Crippen molar-refractivity contribution in [2.75, 3.05) is 0 Å². The molecule has 0 aliphatic carbocycles. The van der Waals surface area contributed by atoms with E-state index in [1.54, 1.807) is 0 Å². The molecule has 0 N–H and O–H groups in total. The van der Waals surface area contributed by atoms with Crippen molar-refractivity contribution in [3.63, 3.8) is 0 Å². The molecule has 1 saturated heterocycles. The number of rotatable bonds is 6. The highest BCUT2D eigenvalue weighted by atomic mass is 16.6. The van der Waals surface area contributed by atoms with E-state index in [-0.39, 0.29) is 23.9 Å². The summed E-state index contributed by atoms with van der Waals surface area (Å²) in [5, 5.41) is 0. The maximum absolute atomic E-state index is 12.0. The molecule has 1 aliphatic heterocycles. The van der Waals surface area contributed by atoms with Crippen LogP contribution in [0.1, 0.15) is 47.0 Å². The highest BCUT2D eigenvalue weighted by Gasteiger charge is 2.47. The van der Waals surface area contributed by atoms with Crippen LogP contribution in [0.25, 0.3) is 0 Å². The van der Waals surface area contributed by atoms with Crippen LogP contribution >= 0.6 is 0 Å². The molecular weight excluding hydrogens is 232 g/mol. The van der Waals surface area contributed by atoms with Crippen LogP contribution in [0, 0.1) is 17.8 Å². The van der Waals surface area contributed by atoms with Crippen LogP contribution in [0.15, 0.2) is 0 Å². The van der Waals surface area contributed by atoms with Crippen LogP contribution in [0.2, 0.25) is 0 Å². The summed E-state index contributed by atoms with van der Waals surface area (Å²) in [7, 11) is 0. The summed E-state index contributed by atoms with van der Waals surface area (Å²) < 4.78 is 5.02. The van der Waals surface area contributed by atoms with E-state index in [0.717, 1.165) is 0 Å². The quantitative estimate of drug-likeness (QED) is 0.538. The van der Waals surface area contributed by atoms with Crippen LogP contribution in [0.4, 0.5) is 0 Å². The SMILES string of the molecule is CC(C)CCC(=O)C1C(=O)OC(CC(C)C)C1=O. The predicted octanol–water partition coefficient (Wildman–Crippen LogP) is 2.15. The molecule has 0 spiro atoms. The lowest BCUT2D eigenvalue weighted by Gasteiger charge is -2.09. The van der Waals surface area contributed by atoms with Crippen molar-refractivity contribution in [2.45, 2.75) is 53.1 Å². The Morgan fingerprint density at radius 1 is 1.17 bits per heavy atom. The molecule has 0 aromatic rings. The molecule has 4 nitrogen and oxygen atoms in total. The molecule has 1 aliphatic rings. The monoisotopic (exact) mass is 254 g/mol. The molecule has 0 saturated carbocycles. The first kappa shape index (κ1) is 14.9. The van der Waals surface area contributed by atoms with E-state index in [2.05, 4.69) is 0 Å². The Balaban J connectivity index is 2.63. The molecule has 0 radical (unpaired) electrons. The van der Waals surface area contributed by atoms with Crippen LogP contribution < -0.4 is 0 Å². The Kier molecular flexibility index (Phi) is 5.05. The number of Topliss-reactive ketones (excluding diaryl/α,β-unsaturated/α-hetero) is 2. The van der Waals surface area contributed by atoms with Gasteiger partial charge in [-0.05, 0) is 24.7 Å². The van der Waals surface area contributed by atoms with E-state index < -0.39 is 18.0 Å². The van der Waals surface area contributed by atoms with Crippen molar-refractivity contribution in [3.8, 4) is 0 Å². The fraction of sp³-hybridized carbons (Fsp3) is 0.786. The Morgan fingerprint density at radius 2 is 1.78 bits per heavy atom. The fourth-order valence-corrected chi connectivity index (χ4v) is 2.03. The fourth-order valence-electron chi connectivity index (χ4n) is 2.03. The standard InChI is InChI=1S/C14H22O4/c1-8(2)5-6-10(15)12-13(16)11(7-9(3)4)18-14(12)17/h8-9,11-12H,5-7H2,1-4H3.